The monoisotopic (exact) mass is 528 g/mol. The van der Waals surface area contributed by atoms with E-state index in [2.05, 4.69) is 30.1 Å². The van der Waals surface area contributed by atoms with Crippen molar-refractivity contribution in [2.45, 2.75) is 12.8 Å². The first-order chi connectivity index (χ1) is 17.5. The first kappa shape index (κ1) is 26.0. The van der Waals surface area contributed by atoms with Gasteiger partial charge in [-0.05, 0) is 62.3 Å². The van der Waals surface area contributed by atoms with Gasteiger partial charge in [0.05, 0.1) is 17.2 Å². The fourth-order valence-electron chi connectivity index (χ4n) is 4.16. The summed E-state index contributed by atoms with van der Waals surface area (Å²) in [6, 6.07) is 7.40. The van der Waals surface area contributed by atoms with Gasteiger partial charge in [-0.2, -0.15) is 0 Å². The van der Waals surface area contributed by atoms with Gasteiger partial charge >= 0.3 is 0 Å². The smallest absolute Gasteiger partial charge is 0.286 e. The Morgan fingerprint density at radius 1 is 1.14 bits per heavy atom. The lowest BCUT2D eigenvalue weighted by atomic mass is 10.2. The van der Waals surface area contributed by atoms with E-state index in [0.717, 1.165) is 68.1 Å². The highest BCUT2D eigenvalue weighted by Crippen LogP contribution is 2.28. The molecule has 0 radical (unpaired) electrons. The third-order valence-corrected chi connectivity index (χ3v) is 6.73. The maximum atomic E-state index is 12.5. The molecule has 1 fully saturated rings. The molecule has 0 saturated carbocycles. The van der Waals surface area contributed by atoms with E-state index >= 15 is 0 Å². The number of carbonyl (C=O) groups excluding carboxylic acids is 1. The van der Waals surface area contributed by atoms with Gasteiger partial charge in [0, 0.05) is 55.2 Å². The average molecular weight is 529 g/mol. The van der Waals surface area contributed by atoms with Gasteiger partial charge in [-0.1, -0.05) is 29.3 Å². The van der Waals surface area contributed by atoms with E-state index in [0.29, 0.717) is 16.6 Å². The van der Waals surface area contributed by atoms with Crippen molar-refractivity contribution in [1.82, 2.24) is 25.2 Å². The van der Waals surface area contributed by atoms with Crippen LogP contribution in [0.4, 0.5) is 5.95 Å². The minimum atomic E-state index is -0.236. The molecule has 1 aliphatic rings. The number of carbonyl (C=O) groups is 1. The maximum Gasteiger partial charge on any atom is 0.286 e. The van der Waals surface area contributed by atoms with E-state index in [-0.39, 0.29) is 11.7 Å². The molecule has 0 spiro atoms. The van der Waals surface area contributed by atoms with E-state index in [1.54, 1.807) is 30.6 Å². The summed E-state index contributed by atoms with van der Waals surface area (Å²) in [6.07, 6.45) is 10.8. The average Bonchev–Trinajstić information content (AvgIpc) is 3.11. The molecular formula is C26H30Cl2N6O2. The first-order valence-electron chi connectivity index (χ1n) is 12.0. The molecule has 2 N–H and O–H groups in total. The van der Waals surface area contributed by atoms with Crippen molar-refractivity contribution in [2.75, 3.05) is 51.3 Å². The van der Waals surface area contributed by atoms with Crippen molar-refractivity contribution in [2.24, 2.45) is 0 Å². The number of rotatable bonds is 9. The number of H-pyrrole nitrogens is 1. The molecule has 10 heteroatoms. The van der Waals surface area contributed by atoms with E-state index < -0.39 is 0 Å². The summed E-state index contributed by atoms with van der Waals surface area (Å²) in [5.41, 5.74) is 1.76. The number of aromatic nitrogens is 3. The van der Waals surface area contributed by atoms with Crippen LogP contribution < -0.4 is 10.2 Å². The first-order valence-corrected chi connectivity index (χ1v) is 12.7. The highest BCUT2D eigenvalue weighted by molar-refractivity contribution is 6.42. The molecule has 190 valence electrons. The van der Waals surface area contributed by atoms with Crippen LogP contribution in [0.25, 0.3) is 17.0 Å². The van der Waals surface area contributed by atoms with E-state index in [4.69, 9.17) is 27.9 Å². The molecule has 3 aromatic rings. The number of benzene rings is 1. The molecule has 0 aliphatic carbocycles. The Morgan fingerprint density at radius 2 is 1.94 bits per heavy atom. The zero-order chi connectivity index (χ0) is 25.3. The number of ether oxygens (including phenoxy) is 1. The summed E-state index contributed by atoms with van der Waals surface area (Å²) in [7, 11) is 1.49. The quantitative estimate of drug-likeness (QED) is 0.183. The van der Waals surface area contributed by atoms with E-state index in [9.17, 15) is 4.79 Å². The van der Waals surface area contributed by atoms with Gasteiger partial charge in [0.15, 0.2) is 5.76 Å². The lowest BCUT2D eigenvalue weighted by Gasteiger charge is -2.21. The summed E-state index contributed by atoms with van der Waals surface area (Å²) in [5, 5.41) is 4.92. The van der Waals surface area contributed by atoms with Crippen LogP contribution in [0.3, 0.4) is 0 Å². The molecule has 2 aromatic heterocycles. The Morgan fingerprint density at radius 3 is 2.75 bits per heavy atom. The standard InChI is InChI=1S/C26H30Cl2N6O2/c1-36-24(7-2-6-20-16-19-17-21(27)22(28)18-23(19)32-20)25(35)29-10-4-11-33-12-5-13-34(15-14-33)26-30-8-3-9-31-26/h2-3,6-9,16-18,32H,4-5,10-15H2,1H3,(H,29,35). The summed E-state index contributed by atoms with van der Waals surface area (Å²) < 4.78 is 5.28. The molecule has 1 aromatic carbocycles. The molecule has 0 bridgehead atoms. The zero-order valence-electron chi connectivity index (χ0n) is 20.2. The minimum Gasteiger partial charge on any atom is -0.491 e. The number of anilines is 1. The normalized spacial score (nSPS) is 15.4. The molecular weight excluding hydrogens is 499 g/mol. The van der Waals surface area contributed by atoms with Crippen LogP contribution in [-0.2, 0) is 9.53 Å². The second kappa shape index (κ2) is 12.8. The molecule has 4 rings (SSSR count). The Bertz CT molecular complexity index is 1190. The van der Waals surface area contributed by atoms with Crippen molar-refractivity contribution in [3.05, 3.63) is 70.3 Å². The Balaban J connectivity index is 1.21. The molecule has 36 heavy (non-hydrogen) atoms. The van der Waals surface area contributed by atoms with Gasteiger partial charge < -0.3 is 24.8 Å². The number of nitrogens with one attached hydrogen (secondary N) is 2. The van der Waals surface area contributed by atoms with Gasteiger partial charge in [-0.15, -0.1) is 0 Å². The van der Waals surface area contributed by atoms with Crippen LogP contribution in [0.15, 0.2) is 54.6 Å². The third kappa shape index (κ3) is 7.00. The van der Waals surface area contributed by atoms with Crippen molar-refractivity contribution in [3.63, 3.8) is 0 Å². The maximum absolute atomic E-state index is 12.5. The predicted molar refractivity (Wildman–Crippen MR) is 145 cm³/mol. The molecule has 8 nitrogen and oxygen atoms in total. The van der Waals surface area contributed by atoms with E-state index in [1.807, 2.05) is 24.3 Å². The zero-order valence-corrected chi connectivity index (χ0v) is 21.7. The van der Waals surface area contributed by atoms with Gasteiger partial charge in [-0.3, -0.25) is 4.79 Å². The molecule has 1 saturated heterocycles. The summed E-state index contributed by atoms with van der Waals surface area (Å²) in [5.74, 6) is 0.806. The van der Waals surface area contributed by atoms with Gasteiger partial charge in [0.2, 0.25) is 5.95 Å². The van der Waals surface area contributed by atoms with Gasteiger partial charge in [0.1, 0.15) is 0 Å². The van der Waals surface area contributed by atoms with Crippen molar-refractivity contribution in [1.29, 1.82) is 0 Å². The van der Waals surface area contributed by atoms with Crippen molar-refractivity contribution < 1.29 is 9.53 Å². The largest absolute Gasteiger partial charge is 0.491 e. The van der Waals surface area contributed by atoms with Crippen LogP contribution in [0.2, 0.25) is 10.0 Å². The van der Waals surface area contributed by atoms with Gasteiger partial charge in [-0.25, -0.2) is 9.97 Å². The number of amides is 1. The number of fused-ring (bicyclic) bond motifs is 1. The Labute approximate surface area is 220 Å². The lowest BCUT2D eigenvalue weighted by molar-refractivity contribution is -0.120. The van der Waals surface area contributed by atoms with E-state index in [1.165, 1.54) is 7.11 Å². The van der Waals surface area contributed by atoms with Crippen LogP contribution in [-0.4, -0.2) is 72.1 Å². The molecule has 1 aliphatic heterocycles. The van der Waals surface area contributed by atoms with Crippen molar-refractivity contribution >= 4 is 52.0 Å². The number of allylic oxidation sites excluding steroid dienone is 2. The van der Waals surface area contributed by atoms with Crippen LogP contribution in [0.5, 0.6) is 0 Å². The number of aromatic amines is 1. The summed E-state index contributed by atoms with van der Waals surface area (Å²) >= 11 is 12.2. The SMILES string of the molecule is COC(=CC=Cc1cc2cc(Cl)c(Cl)cc2[nH]1)C(=O)NCCCN1CCCN(c2ncccn2)CC1. The summed E-state index contributed by atoms with van der Waals surface area (Å²) in [6.45, 7) is 5.32. The number of halogens is 2. The highest BCUT2D eigenvalue weighted by Gasteiger charge is 2.16. The Hall–Kier alpha value is -3.07. The minimum absolute atomic E-state index is 0.236. The van der Waals surface area contributed by atoms with Crippen molar-refractivity contribution in [3.8, 4) is 0 Å². The van der Waals surface area contributed by atoms with Crippen LogP contribution >= 0.6 is 23.2 Å². The molecule has 0 atom stereocenters. The van der Waals surface area contributed by atoms with Gasteiger partial charge in [0.25, 0.3) is 5.91 Å². The molecule has 1 amide bonds. The number of methoxy groups -OCH3 is 1. The second-order valence-corrected chi connectivity index (χ2v) is 9.33. The van der Waals surface area contributed by atoms with Crippen LogP contribution in [0, 0.1) is 0 Å². The van der Waals surface area contributed by atoms with Crippen LogP contribution in [0.1, 0.15) is 18.5 Å². The highest BCUT2D eigenvalue weighted by atomic mass is 35.5. The summed E-state index contributed by atoms with van der Waals surface area (Å²) in [4.78, 5) is 29.2. The lowest BCUT2D eigenvalue weighted by Crippen LogP contribution is -2.34. The number of hydrogen-bond acceptors (Lipinski definition) is 6. The Kier molecular flexibility index (Phi) is 9.22. The third-order valence-electron chi connectivity index (χ3n) is 6.01. The fraction of sp³-hybridized carbons (Fsp3) is 0.346. The fourth-order valence-corrected chi connectivity index (χ4v) is 4.49. The topological polar surface area (TPSA) is 86.4 Å². The molecule has 0 unspecified atom stereocenters. The second-order valence-electron chi connectivity index (χ2n) is 8.51. The molecule has 3 heterocycles. The predicted octanol–water partition coefficient (Wildman–Crippen LogP) is 4.53. The number of nitrogens with zero attached hydrogens (tertiary/aromatic N) is 4. The number of hydrogen-bond donors (Lipinski definition) is 2.